The van der Waals surface area contributed by atoms with Crippen molar-refractivity contribution in [2.75, 3.05) is 38.6 Å². The number of aromatic nitrogens is 2. The molecule has 1 aliphatic rings. The number of aromatic amines is 1. The lowest BCUT2D eigenvalue weighted by atomic mass is 10.1. The molecule has 0 spiro atoms. The lowest BCUT2D eigenvalue weighted by molar-refractivity contribution is -0.132. The van der Waals surface area contributed by atoms with Crippen LogP contribution in [0.15, 0.2) is 60.9 Å². The average molecular weight is 463 g/mol. The highest BCUT2D eigenvalue weighted by Crippen LogP contribution is 2.14. The fourth-order valence-electron chi connectivity index (χ4n) is 3.87. The maximum atomic E-state index is 12.7. The summed E-state index contributed by atoms with van der Waals surface area (Å²) in [6.45, 7) is 4.42. The van der Waals surface area contributed by atoms with Gasteiger partial charge in [-0.05, 0) is 35.4 Å². The van der Waals surface area contributed by atoms with E-state index in [0.717, 1.165) is 55.2 Å². The zero-order valence-electron chi connectivity index (χ0n) is 19.3. The van der Waals surface area contributed by atoms with Gasteiger partial charge < -0.3 is 20.3 Å². The van der Waals surface area contributed by atoms with E-state index in [-0.39, 0.29) is 11.9 Å². The standard InChI is InChI=1S/C25H30N6O3/c1-34-23-8-4-20(5-9-23)15-26-25(33)29-22-6-2-19(3-7-22)14-24(32)31-12-10-30(11-13-31)18-21-16-27-28-17-21/h2-9,16-17H,10-15,18H2,1H3,(H,27,28)(H2,26,29,33). The van der Waals surface area contributed by atoms with Crippen LogP contribution in [0.25, 0.3) is 0 Å². The molecular weight excluding hydrogens is 432 g/mol. The molecule has 3 amide bonds. The van der Waals surface area contributed by atoms with Crippen molar-refractivity contribution < 1.29 is 14.3 Å². The third-order valence-electron chi connectivity index (χ3n) is 5.87. The maximum absolute atomic E-state index is 12.7. The molecule has 1 aromatic heterocycles. The Hall–Kier alpha value is -3.85. The molecule has 1 fully saturated rings. The van der Waals surface area contributed by atoms with E-state index in [0.29, 0.717) is 18.7 Å². The number of benzene rings is 2. The SMILES string of the molecule is COc1ccc(CNC(=O)Nc2ccc(CC(=O)N3CCN(Cc4cn[nH]c4)CC3)cc2)cc1. The summed E-state index contributed by atoms with van der Waals surface area (Å²) in [5.41, 5.74) is 3.74. The predicted molar refractivity (Wildman–Crippen MR) is 129 cm³/mol. The molecule has 2 heterocycles. The van der Waals surface area contributed by atoms with E-state index < -0.39 is 0 Å². The molecule has 0 saturated carbocycles. The van der Waals surface area contributed by atoms with Gasteiger partial charge in [0, 0.05) is 56.7 Å². The highest BCUT2D eigenvalue weighted by molar-refractivity contribution is 5.89. The molecule has 0 atom stereocenters. The van der Waals surface area contributed by atoms with Crippen LogP contribution < -0.4 is 15.4 Å². The second-order valence-electron chi connectivity index (χ2n) is 8.29. The van der Waals surface area contributed by atoms with Gasteiger partial charge in [0.1, 0.15) is 5.75 Å². The highest BCUT2D eigenvalue weighted by atomic mass is 16.5. The van der Waals surface area contributed by atoms with Crippen LogP contribution in [0.3, 0.4) is 0 Å². The topological polar surface area (TPSA) is 103 Å². The summed E-state index contributed by atoms with van der Waals surface area (Å²) in [6, 6.07) is 14.6. The van der Waals surface area contributed by atoms with Crippen LogP contribution in [-0.2, 0) is 24.3 Å². The van der Waals surface area contributed by atoms with E-state index in [2.05, 4.69) is 25.7 Å². The number of anilines is 1. The predicted octanol–water partition coefficient (Wildman–Crippen LogP) is 2.63. The monoisotopic (exact) mass is 462 g/mol. The lowest BCUT2D eigenvalue weighted by Crippen LogP contribution is -2.48. The number of H-pyrrole nitrogens is 1. The Morgan fingerprint density at radius 3 is 2.32 bits per heavy atom. The number of nitrogens with zero attached hydrogens (tertiary/aromatic N) is 3. The fourth-order valence-corrected chi connectivity index (χ4v) is 3.87. The second-order valence-corrected chi connectivity index (χ2v) is 8.29. The Balaban J connectivity index is 1.18. The quantitative estimate of drug-likeness (QED) is 0.478. The van der Waals surface area contributed by atoms with Crippen molar-refractivity contribution in [2.24, 2.45) is 0 Å². The van der Waals surface area contributed by atoms with E-state index in [4.69, 9.17) is 4.74 Å². The number of hydrogen-bond donors (Lipinski definition) is 3. The molecule has 1 saturated heterocycles. The van der Waals surface area contributed by atoms with Crippen LogP contribution in [0, 0.1) is 0 Å². The van der Waals surface area contributed by atoms with Gasteiger partial charge in [-0.25, -0.2) is 4.79 Å². The summed E-state index contributed by atoms with van der Waals surface area (Å²) in [5.74, 6) is 0.903. The van der Waals surface area contributed by atoms with Gasteiger partial charge in [0.15, 0.2) is 0 Å². The normalized spacial score (nSPS) is 14.0. The minimum Gasteiger partial charge on any atom is -0.497 e. The summed E-state index contributed by atoms with van der Waals surface area (Å²) in [4.78, 5) is 29.2. The number of nitrogens with one attached hydrogen (secondary N) is 3. The zero-order chi connectivity index (χ0) is 23.8. The van der Waals surface area contributed by atoms with E-state index >= 15 is 0 Å². The van der Waals surface area contributed by atoms with Crippen LogP contribution in [-0.4, -0.2) is 65.2 Å². The fraction of sp³-hybridized carbons (Fsp3) is 0.320. The van der Waals surface area contributed by atoms with Crippen LogP contribution in [0.5, 0.6) is 5.75 Å². The van der Waals surface area contributed by atoms with E-state index in [1.165, 1.54) is 0 Å². The number of amides is 3. The van der Waals surface area contributed by atoms with Gasteiger partial charge in [0.25, 0.3) is 0 Å². The molecule has 0 radical (unpaired) electrons. The first-order chi connectivity index (χ1) is 16.6. The molecule has 9 heteroatoms. The minimum atomic E-state index is -0.284. The van der Waals surface area contributed by atoms with Crippen LogP contribution in [0.1, 0.15) is 16.7 Å². The number of methoxy groups -OCH3 is 1. The third kappa shape index (κ3) is 6.58. The number of carbonyl (C=O) groups excluding carboxylic acids is 2. The van der Waals surface area contributed by atoms with Gasteiger partial charge in [-0.3, -0.25) is 14.8 Å². The summed E-state index contributed by atoms with van der Waals surface area (Å²) < 4.78 is 5.14. The largest absolute Gasteiger partial charge is 0.497 e. The van der Waals surface area contributed by atoms with E-state index in [1.54, 1.807) is 7.11 Å². The minimum absolute atomic E-state index is 0.126. The average Bonchev–Trinajstić information content (AvgIpc) is 3.38. The van der Waals surface area contributed by atoms with E-state index in [9.17, 15) is 9.59 Å². The number of urea groups is 1. The van der Waals surface area contributed by atoms with Crippen LogP contribution in [0.2, 0.25) is 0 Å². The van der Waals surface area contributed by atoms with Crippen molar-refractivity contribution in [3.8, 4) is 5.75 Å². The number of ether oxygens (including phenoxy) is 1. The summed E-state index contributed by atoms with van der Waals surface area (Å²) in [7, 11) is 1.62. The lowest BCUT2D eigenvalue weighted by Gasteiger charge is -2.34. The van der Waals surface area contributed by atoms with Gasteiger partial charge in [-0.15, -0.1) is 0 Å². The molecule has 1 aliphatic heterocycles. The Labute approximate surface area is 199 Å². The van der Waals surface area contributed by atoms with Crippen molar-refractivity contribution in [2.45, 2.75) is 19.5 Å². The van der Waals surface area contributed by atoms with Gasteiger partial charge in [-0.2, -0.15) is 5.10 Å². The molecule has 0 aliphatic carbocycles. The zero-order valence-corrected chi connectivity index (χ0v) is 19.3. The Kier molecular flexibility index (Phi) is 7.77. The molecule has 3 aromatic rings. The van der Waals surface area contributed by atoms with Crippen molar-refractivity contribution in [3.63, 3.8) is 0 Å². The molecule has 34 heavy (non-hydrogen) atoms. The van der Waals surface area contributed by atoms with Crippen LogP contribution >= 0.6 is 0 Å². The first-order valence-corrected chi connectivity index (χ1v) is 11.3. The van der Waals surface area contributed by atoms with Gasteiger partial charge >= 0.3 is 6.03 Å². The second kappa shape index (κ2) is 11.3. The number of piperazine rings is 1. The van der Waals surface area contributed by atoms with Crippen molar-refractivity contribution in [1.29, 1.82) is 0 Å². The van der Waals surface area contributed by atoms with E-state index in [1.807, 2.05) is 65.8 Å². The molecule has 9 nitrogen and oxygen atoms in total. The third-order valence-corrected chi connectivity index (χ3v) is 5.87. The van der Waals surface area contributed by atoms with Crippen LogP contribution in [0.4, 0.5) is 10.5 Å². The first kappa shape index (κ1) is 23.3. The summed E-state index contributed by atoms with van der Waals surface area (Å²) in [5, 5.41) is 12.5. The molecule has 2 aromatic carbocycles. The summed E-state index contributed by atoms with van der Waals surface area (Å²) in [6.07, 6.45) is 4.09. The van der Waals surface area contributed by atoms with Gasteiger partial charge in [0.2, 0.25) is 5.91 Å². The first-order valence-electron chi connectivity index (χ1n) is 11.3. The molecule has 0 unspecified atom stereocenters. The number of rotatable bonds is 8. The Morgan fingerprint density at radius 1 is 0.971 bits per heavy atom. The van der Waals surface area contributed by atoms with Gasteiger partial charge in [0.05, 0.1) is 19.7 Å². The smallest absolute Gasteiger partial charge is 0.319 e. The molecule has 0 bridgehead atoms. The van der Waals surface area contributed by atoms with Gasteiger partial charge in [-0.1, -0.05) is 24.3 Å². The molecule has 4 rings (SSSR count). The maximum Gasteiger partial charge on any atom is 0.319 e. The van der Waals surface area contributed by atoms with Crippen molar-refractivity contribution in [1.82, 2.24) is 25.3 Å². The molecular formula is C25H30N6O3. The summed E-state index contributed by atoms with van der Waals surface area (Å²) >= 11 is 0. The highest BCUT2D eigenvalue weighted by Gasteiger charge is 2.21. The molecule has 3 N–H and O–H groups in total. The Morgan fingerprint density at radius 2 is 1.68 bits per heavy atom. The molecule has 178 valence electrons. The van der Waals surface area contributed by atoms with Crippen molar-refractivity contribution >= 4 is 17.6 Å². The van der Waals surface area contributed by atoms with Crippen molar-refractivity contribution in [3.05, 3.63) is 77.6 Å². The number of carbonyl (C=O) groups is 2. The Bertz CT molecular complexity index is 1060. The number of hydrogen-bond acceptors (Lipinski definition) is 5.